The largest absolute Gasteiger partial charge is 0.493 e. The van der Waals surface area contributed by atoms with E-state index in [9.17, 15) is 4.79 Å². The lowest BCUT2D eigenvalue weighted by atomic mass is 10.2. The molecule has 0 radical (unpaired) electrons. The molecule has 0 unspecified atom stereocenters. The van der Waals surface area contributed by atoms with Gasteiger partial charge in [-0.05, 0) is 47.5 Å². The standard InChI is InChI=1S/C23H20ClNO3/c1-27-22-14-17(10-12-21(22)28-16-18-6-3-2-4-7-18)11-13-23(26)25-20-9-5-8-19(24)15-20/h2-15H,16H2,1H3,(H,25,26). The van der Waals surface area contributed by atoms with Crippen molar-refractivity contribution in [3.8, 4) is 11.5 Å². The summed E-state index contributed by atoms with van der Waals surface area (Å²) in [5.74, 6) is 1.01. The summed E-state index contributed by atoms with van der Waals surface area (Å²) in [6.07, 6.45) is 3.17. The molecule has 0 atom stereocenters. The Morgan fingerprint density at radius 2 is 1.82 bits per heavy atom. The molecule has 3 aromatic rings. The molecule has 0 saturated carbocycles. The number of benzene rings is 3. The minimum Gasteiger partial charge on any atom is -0.493 e. The van der Waals surface area contributed by atoms with E-state index in [0.717, 1.165) is 11.1 Å². The fourth-order valence-electron chi connectivity index (χ4n) is 2.56. The number of halogens is 1. The fourth-order valence-corrected chi connectivity index (χ4v) is 2.75. The molecular weight excluding hydrogens is 374 g/mol. The minimum absolute atomic E-state index is 0.245. The number of carbonyl (C=O) groups is 1. The van der Waals surface area contributed by atoms with Gasteiger partial charge in [-0.15, -0.1) is 0 Å². The van der Waals surface area contributed by atoms with E-state index in [4.69, 9.17) is 21.1 Å². The van der Waals surface area contributed by atoms with Crippen LogP contribution in [-0.2, 0) is 11.4 Å². The highest BCUT2D eigenvalue weighted by molar-refractivity contribution is 6.30. The Morgan fingerprint density at radius 1 is 1.00 bits per heavy atom. The molecule has 3 aromatic carbocycles. The first-order chi connectivity index (χ1) is 13.6. The Balaban J connectivity index is 1.64. The van der Waals surface area contributed by atoms with E-state index in [-0.39, 0.29) is 5.91 Å². The summed E-state index contributed by atoms with van der Waals surface area (Å²) in [5.41, 5.74) is 2.54. The van der Waals surface area contributed by atoms with E-state index in [0.29, 0.717) is 28.8 Å². The summed E-state index contributed by atoms with van der Waals surface area (Å²) in [4.78, 5) is 12.1. The first-order valence-electron chi connectivity index (χ1n) is 8.73. The van der Waals surface area contributed by atoms with E-state index >= 15 is 0 Å². The third-order valence-corrected chi connectivity index (χ3v) is 4.18. The van der Waals surface area contributed by atoms with Crippen LogP contribution >= 0.6 is 11.6 Å². The van der Waals surface area contributed by atoms with Crippen molar-refractivity contribution in [3.05, 3.63) is 95.0 Å². The molecule has 28 heavy (non-hydrogen) atoms. The molecule has 0 aliphatic heterocycles. The number of carbonyl (C=O) groups excluding carboxylic acids is 1. The smallest absolute Gasteiger partial charge is 0.248 e. The van der Waals surface area contributed by atoms with Crippen molar-refractivity contribution in [2.24, 2.45) is 0 Å². The van der Waals surface area contributed by atoms with Crippen molar-refractivity contribution >= 4 is 29.3 Å². The Hall–Kier alpha value is -3.24. The molecule has 0 spiro atoms. The third kappa shape index (κ3) is 5.63. The summed E-state index contributed by atoms with van der Waals surface area (Å²) < 4.78 is 11.3. The number of anilines is 1. The summed E-state index contributed by atoms with van der Waals surface area (Å²) in [6.45, 7) is 0.453. The van der Waals surface area contributed by atoms with Crippen LogP contribution in [0.4, 0.5) is 5.69 Å². The van der Waals surface area contributed by atoms with Gasteiger partial charge in [-0.25, -0.2) is 0 Å². The maximum absolute atomic E-state index is 12.1. The Kier molecular flexibility index (Phi) is 6.71. The second-order valence-corrected chi connectivity index (χ2v) is 6.45. The van der Waals surface area contributed by atoms with E-state index in [2.05, 4.69) is 5.32 Å². The predicted octanol–water partition coefficient (Wildman–Crippen LogP) is 5.58. The number of amides is 1. The average Bonchev–Trinajstić information content (AvgIpc) is 2.71. The van der Waals surface area contributed by atoms with Gasteiger partial charge in [-0.3, -0.25) is 4.79 Å². The van der Waals surface area contributed by atoms with Gasteiger partial charge in [-0.2, -0.15) is 0 Å². The van der Waals surface area contributed by atoms with Gasteiger partial charge >= 0.3 is 0 Å². The Labute approximate surface area is 169 Å². The van der Waals surface area contributed by atoms with Crippen molar-refractivity contribution in [1.82, 2.24) is 0 Å². The zero-order valence-electron chi connectivity index (χ0n) is 15.4. The van der Waals surface area contributed by atoms with E-state index < -0.39 is 0 Å². The number of ether oxygens (including phenoxy) is 2. The number of hydrogen-bond acceptors (Lipinski definition) is 3. The molecule has 0 aliphatic carbocycles. The van der Waals surface area contributed by atoms with Crippen LogP contribution in [0.1, 0.15) is 11.1 Å². The molecular formula is C23H20ClNO3. The molecule has 1 N–H and O–H groups in total. The van der Waals surface area contributed by atoms with Crippen molar-refractivity contribution in [3.63, 3.8) is 0 Å². The van der Waals surface area contributed by atoms with Crippen LogP contribution in [0.3, 0.4) is 0 Å². The van der Waals surface area contributed by atoms with Crippen molar-refractivity contribution in [2.75, 3.05) is 12.4 Å². The molecule has 0 heterocycles. The summed E-state index contributed by atoms with van der Waals surface area (Å²) >= 11 is 5.92. The first-order valence-corrected chi connectivity index (χ1v) is 9.11. The van der Waals surface area contributed by atoms with Gasteiger partial charge in [-0.1, -0.05) is 54.1 Å². The lowest BCUT2D eigenvalue weighted by Crippen LogP contribution is -2.07. The predicted molar refractivity (Wildman–Crippen MR) is 113 cm³/mol. The lowest BCUT2D eigenvalue weighted by Gasteiger charge is -2.11. The summed E-state index contributed by atoms with van der Waals surface area (Å²) in [7, 11) is 1.59. The molecule has 142 valence electrons. The van der Waals surface area contributed by atoms with Crippen LogP contribution in [0, 0.1) is 0 Å². The van der Waals surface area contributed by atoms with Crippen molar-refractivity contribution in [2.45, 2.75) is 6.61 Å². The second-order valence-electron chi connectivity index (χ2n) is 6.02. The monoisotopic (exact) mass is 393 g/mol. The van der Waals surface area contributed by atoms with Crippen LogP contribution in [0.5, 0.6) is 11.5 Å². The van der Waals surface area contributed by atoms with E-state index in [1.165, 1.54) is 6.08 Å². The van der Waals surface area contributed by atoms with Gasteiger partial charge in [0.1, 0.15) is 6.61 Å². The quantitative estimate of drug-likeness (QED) is 0.533. The SMILES string of the molecule is COc1cc(C=CC(=O)Nc2cccc(Cl)c2)ccc1OCc1ccccc1. The maximum Gasteiger partial charge on any atom is 0.248 e. The number of methoxy groups -OCH3 is 1. The summed E-state index contributed by atoms with van der Waals surface area (Å²) in [6, 6.07) is 22.4. The van der Waals surface area contributed by atoms with Crippen LogP contribution in [-0.4, -0.2) is 13.0 Å². The number of rotatable bonds is 7. The number of nitrogens with one attached hydrogen (secondary N) is 1. The lowest BCUT2D eigenvalue weighted by molar-refractivity contribution is -0.111. The molecule has 4 nitrogen and oxygen atoms in total. The van der Waals surface area contributed by atoms with Crippen LogP contribution in [0.2, 0.25) is 5.02 Å². The normalized spacial score (nSPS) is 10.6. The molecule has 0 aromatic heterocycles. The number of hydrogen-bond donors (Lipinski definition) is 1. The highest BCUT2D eigenvalue weighted by Crippen LogP contribution is 2.29. The van der Waals surface area contributed by atoms with Gasteiger partial charge in [0.05, 0.1) is 7.11 Å². The average molecular weight is 394 g/mol. The van der Waals surface area contributed by atoms with Gasteiger partial charge < -0.3 is 14.8 Å². The molecule has 0 saturated heterocycles. The van der Waals surface area contributed by atoms with Gasteiger partial charge in [0.15, 0.2) is 11.5 Å². The molecule has 3 rings (SSSR count). The summed E-state index contributed by atoms with van der Waals surface area (Å²) in [5, 5.41) is 3.33. The molecule has 1 amide bonds. The minimum atomic E-state index is -0.245. The molecule has 0 aliphatic rings. The van der Waals surface area contributed by atoms with Crippen LogP contribution in [0.25, 0.3) is 6.08 Å². The Morgan fingerprint density at radius 3 is 2.57 bits per heavy atom. The first kappa shape index (κ1) is 19.5. The van der Waals surface area contributed by atoms with Gasteiger partial charge in [0, 0.05) is 16.8 Å². The highest BCUT2D eigenvalue weighted by Gasteiger charge is 2.06. The second kappa shape index (κ2) is 9.62. The van der Waals surface area contributed by atoms with Crippen molar-refractivity contribution < 1.29 is 14.3 Å². The van der Waals surface area contributed by atoms with Gasteiger partial charge in [0.25, 0.3) is 0 Å². The third-order valence-electron chi connectivity index (χ3n) is 3.94. The maximum atomic E-state index is 12.1. The zero-order valence-corrected chi connectivity index (χ0v) is 16.1. The van der Waals surface area contributed by atoms with Crippen LogP contribution < -0.4 is 14.8 Å². The van der Waals surface area contributed by atoms with Crippen LogP contribution in [0.15, 0.2) is 78.9 Å². The van der Waals surface area contributed by atoms with E-state index in [1.807, 2.05) is 48.5 Å². The Bertz CT molecular complexity index is 971. The molecule has 5 heteroatoms. The van der Waals surface area contributed by atoms with Gasteiger partial charge in [0.2, 0.25) is 5.91 Å². The highest BCUT2D eigenvalue weighted by atomic mass is 35.5. The van der Waals surface area contributed by atoms with Crippen molar-refractivity contribution in [1.29, 1.82) is 0 Å². The molecule has 0 bridgehead atoms. The molecule has 0 fully saturated rings. The van der Waals surface area contributed by atoms with E-state index in [1.54, 1.807) is 37.5 Å². The zero-order chi connectivity index (χ0) is 19.8. The fraction of sp³-hybridized carbons (Fsp3) is 0.0870. The topological polar surface area (TPSA) is 47.6 Å².